The maximum Gasteiger partial charge on any atom is 0.157 e. The number of benzene rings is 1. The number of anilines is 1. The molecule has 1 heterocycles. The molecule has 0 radical (unpaired) electrons. The van der Waals surface area contributed by atoms with Gasteiger partial charge in [0.15, 0.2) is 5.82 Å². The zero-order valence-corrected chi connectivity index (χ0v) is 12.4. The topological polar surface area (TPSA) is 73.1 Å². The van der Waals surface area contributed by atoms with Crippen LogP contribution in [-0.4, -0.2) is 17.1 Å². The maximum absolute atomic E-state index is 5.42. The second-order valence-corrected chi connectivity index (χ2v) is 5.30. The molecule has 0 fully saturated rings. The summed E-state index contributed by atoms with van der Waals surface area (Å²) in [5, 5.41) is 0.878. The first-order valence-electron chi connectivity index (χ1n) is 6.23. The van der Waals surface area contributed by atoms with E-state index >= 15 is 0 Å². The highest BCUT2D eigenvalue weighted by Gasteiger charge is 2.06. The summed E-state index contributed by atoms with van der Waals surface area (Å²) in [7, 11) is 1.62. The normalized spacial score (nSPS) is 10.6. The van der Waals surface area contributed by atoms with Crippen molar-refractivity contribution < 1.29 is 4.74 Å². The van der Waals surface area contributed by atoms with Gasteiger partial charge in [-0.05, 0) is 18.1 Å². The SMILES string of the molecule is COCc1nc(NN)cc(SCc2ccccc2C)n1. The zero-order chi connectivity index (χ0) is 14.4. The number of hydrazine groups is 1. The van der Waals surface area contributed by atoms with Gasteiger partial charge in [0.2, 0.25) is 0 Å². The van der Waals surface area contributed by atoms with Gasteiger partial charge < -0.3 is 10.2 Å². The molecule has 0 saturated heterocycles. The van der Waals surface area contributed by atoms with Gasteiger partial charge in [0.1, 0.15) is 17.5 Å². The molecule has 106 valence electrons. The van der Waals surface area contributed by atoms with Gasteiger partial charge in [-0.25, -0.2) is 15.8 Å². The van der Waals surface area contributed by atoms with E-state index in [1.807, 2.05) is 18.2 Å². The average Bonchev–Trinajstić information content (AvgIpc) is 2.46. The summed E-state index contributed by atoms with van der Waals surface area (Å²) in [4.78, 5) is 8.68. The predicted molar refractivity (Wildman–Crippen MR) is 81.3 cm³/mol. The molecule has 1 aromatic carbocycles. The number of nitrogens with one attached hydrogen (secondary N) is 1. The number of nitrogen functional groups attached to an aromatic ring is 1. The Bertz CT molecular complexity index is 577. The fraction of sp³-hybridized carbons (Fsp3) is 0.286. The van der Waals surface area contributed by atoms with Crippen LogP contribution in [0.5, 0.6) is 0 Å². The minimum atomic E-state index is 0.368. The first-order valence-corrected chi connectivity index (χ1v) is 7.22. The van der Waals surface area contributed by atoms with Crippen LogP contribution in [0.4, 0.5) is 5.82 Å². The molecule has 0 aliphatic heterocycles. The van der Waals surface area contributed by atoms with Crippen LogP contribution < -0.4 is 11.3 Å². The number of thioether (sulfide) groups is 1. The number of ether oxygens (including phenoxy) is 1. The van der Waals surface area contributed by atoms with Crippen molar-refractivity contribution in [2.75, 3.05) is 12.5 Å². The van der Waals surface area contributed by atoms with E-state index in [4.69, 9.17) is 10.6 Å². The molecule has 0 atom stereocenters. The summed E-state index contributed by atoms with van der Waals surface area (Å²) >= 11 is 1.66. The van der Waals surface area contributed by atoms with Crippen molar-refractivity contribution in [3.8, 4) is 0 Å². The van der Waals surface area contributed by atoms with Crippen LogP contribution in [0.15, 0.2) is 35.4 Å². The van der Waals surface area contributed by atoms with Crippen LogP contribution in [0.25, 0.3) is 0 Å². The number of methoxy groups -OCH3 is 1. The van der Waals surface area contributed by atoms with Crippen molar-refractivity contribution in [1.82, 2.24) is 9.97 Å². The Balaban J connectivity index is 2.12. The van der Waals surface area contributed by atoms with Crippen LogP contribution in [0.1, 0.15) is 17.0 Å². The highest BCUT2D eigenvalue weighted by atomic mass is 32.2. The molecule has 20 heavy (non-hydrogen) atoms. The third-order valence-corrected chi connectivity index (χ3v) is 3.77. The minimum absolute atomic E-state index is 0.368. The largest absolute Gasteiger partial charge is 0.377 e. The van der Waals surface area contributed by atoms with Gasteiger partial charge in [-0.3, -0.25) is 0 Å². The molecule has 0 saturated carbocycles. The summed E-state index contributed by atoms with van der Waals surface area (Å²) in [6.07, 6.45) is 0. The van der Waals surface area contributed by atoms with Crippen molar-refractivity contribution in [3.63, 3.8) is 0 Å². The van der Waals surface area contributed by atoms with E-state index in [1.54, 1.807) is 18.9 Å². The maximum atomic E-state index is 5.42. The van der Waals surface area contributed by atoms with Gasteiger partial charge in [0.05, 0.1) is 0 Å². The number of rotatable bonds is 6. The summed E-state index contributed by atoms with van der Waals surface area (Å²) in [5.74, 6) is 7.50. The Hall–Kier alpha value is -1.63. The van der Waals surface area contributed by atoms with E-state index in [9.17, 15) is 0 Å². The molecule has 0 aliphatic rings. The van der Waals surface area contributed by atoms with Crippen molar-refractivity contribution >= 4 is 17.6 Å². The third-order valence-electron chi connectivity index (χ3n) is 2.81. The lowest BCUT2D eigenvalue weighted by atomic mass is 10.1. The number of aryl methyl sites for hydroxylation is 1. The van der Waals surface area contributed by atoms with Gasteiger partial charge >= 0.3 is 0 Å². The predicted octanol–water partition coefficient (Wildman–Crippen LogP) is 2.51. The number of nitrogens with two attached hydrogens (primary N) is 1. The molecule has 3 N–H and O–H groups in total. The number of nitrogens with zero attached hydrogens (tertiary/aromatic N) is 2. The van der Waals surface area contributed by atoms with Crippen LogP contribution in [0.2, 0.25) is 0 Å². The standard InChI is InChI=1S/C14H18N4OS/c1-10-5-3-4-6-11(10)9-20-14-7-12(18-15)16-13(17-14)8-19-2/h3-7H,8-9,15H2,1-2H3,(H,16,17,18). The smallest absolute Gasteiger partial charge is 0.157 e. The molecule has 0 unspecified atom stereocenters. The van der Waals surface area contributed by atoms with Crippen LogP contribution >= 0.6 is 11.8 Å². The lowest BCUT2D eigenvalue weighted by Gasteiger charge is -2.08. The Kier molecular flexibility index (Phi) is 5.34. The molecular formula is C14H18N4OS. The Morgan fingerprint density at radius 2 is 2.10 bits per heavy atom. The molecule has 5 nitrogen and oxygen atoms in total. The van der Waals surface area contributed by atoms with Crippen molar-refractivity contribution in [1.29, 1.82) is 0 Å². The quantitative estimate of drug-likeness (QED) is 0.368. The summed E-state index contributed by atoms with van der Waals surface area (Å²) < 4.78 is 5.06. The third kappa shape index (κ3) is 3.93. The highest BCUT2D eigenvalue weighted by molar-refractivity contribution is 7.98. The van der Waals surface area contributed by atoms with E-state index in [0.717, 1.165) is 10.8 Å². The van der Waals surface area contributed by atoms with Crippen LogP contribution in [0.3, 0.4) is 0 Å². The van der Waals surface area contributed by atoms with Gasteiger partial charge in [0.25, 0.3) is 0 Å². The number of hydrogen-bond acceptors (Lipinski definition) is 6. The van der Waals surface area contributed by atoms with E-state index < -0.39 is 0 Å². The van der Waals surface area contributed by atoms with E-state index in [0.29, 0.717) is 18.2 Å². The van der Waals surface area contributed by atoms with Crippen LogP contribution in [0, 0.1) is 6.92 Å². The first kappa shape index (κ1) is 14.8. The lowest BCUT2D eigenvalue weighted by Crippen LogP contribution is -2.11. The van der Waals surface area contributed by atoms with E-state index in [2.05, 4.69) is 34.5 Å². The molecule has 2 aromatic rings. The zero-order valence-electron chi connectivity index (χ0n) is 11.6. The van der Waals surface area contributed by atoms with E-state index in [1.165, 1.54) is 11.1 Å². The summed E-state index contributed by atoms with van der Waals surface area (Å²) in [6.45, 7) is 2.48. The van der Waals surface area contributed by atoms with Crippen molar-refractivity contribution in [2.24, 2.45) is 5.84 Å². The number of aromatic nitrogens is 2. The molecule has 0 aliphatic carbocycles. The molecule has 6 heteroatoms. The van der Waals surface area contributed by atoms with Crippen LogP contribution in [-0.2, 0) is 17.1 Å². The van der Waals surface area contributed by atoms with Gasteiger partial charge in [-0.1, -0.05) is 24.3 Å². The van der Waals surface area contributed by atoms with Gasteiger partial charge in [0, 0.05) is 18.9 Å². The van der Waals surface area contributed by atoms with Crippen molar-refractivity contribution in [2.45, 2.75) is 24.3 Å². The molecule has 2 rings (SSSR count). The number of hydrogen-bond donors (Lipinski definition) is 2. The van der Waals surface area contributed by atoms with E-state index in [-0.39, 0.29) is 0 Å². The molecule has 0 bridgehead atoms. The van der Waals surface area contributed by atoms with Gasteiger partial charge in [-0.15, -0.1) is 11.8 Å². The molecule has 0 amide bonds. The second-order valence-electron chi connectivity index (χ2n) is 4.30. The Morgan fingerprint density at radius 3 is 2.80 bits per heavy atom. The molecule has 1 aromatic heterocycles. The minimum Gasteiger partial charge on any atom is -0.377 e. The van der Waals surface area contributed by atoms with Gasteiger partial charge in [-0.2, -0.15) is 0 Å². The first-order chi connectivity index (χ1) is 9.72. The highest BCUT2D eigenvalue weighted by Crippen LogP contribution is 2.24. The monoisotopic (exact) mass is 290 g/mol. The van der Waals surface area contributed by atoms with Crippen molar-refractivity contribution in [3.05, 3.63) is 47.3 Å². The Labute approximate surface area is 122 Å². The fourth-order valence-electron chi connectivity index (χ4n) is 1.74. The average molecular weight is 290 g/mol. The Morgan fingerprint density at radius 1 is 1.30 bits per heavy atom. The summed E-state index contributed by atoms with van der Waals surface area (Å²) in [6, 6.07) is 10.2. The molecule has 0 spiro atoms. The lowest BCUT2D eigenvalue weighted by molar-refractivity contribution is 0.177. The summed E-state index contributed by atoms with van der Waals surface area (Å²) in [5.41, 5.74) is 5.13. The second kappa shape index (κ2) is 7.23. The fourth-order valence-corrected chi connectivity index (χ4v) is 2.73. The molecular weight excluding hydrogens is 272 g/mol.